The van der Waals surface area contributed by atoms with Crippen molar-refractivity contribution in [2.75, 3.05) is 32.8 Å². The maximum Gasteiger partial charge on any atom is 0.254 e. The van der Waals surface area contributed by atoms with Gasteiger partial charge in [-0.15, -0.1) is 0 Å². The third-order valence-corrected chi connectivity index (χ3v) is 5.46. The molecule has 1 saturated heterocycles. The molecule has 0 N–H and O–H groups in total. The molecule has 1 heterocycles. The molecular weight excluding hydrogens is 294 g/mol. The van der Waals surface area contributed by atoms with Crippen LogP contribution in [-0.2, 0) is 9.84 Å². The number of sulfone groups is 1. The zero-order valence-electron chi connectivity index (χ0n) is 12.3. The summed E-state index contributed by atoms with van der Waals surface area (Å²) in [6.45, 7) is 0. The molecule has 1 amide bonds. The Bertz CT molecular complexity index is 641. The van der Waals surface area contributed by atoms with Crippen LogP contribution in [0.4, 0.5) is 0 Å². The molecule has 0 aromatic heterocycles. The van der Waals surface area contributed by atoms with Gasteiger partial charge in [0.2, 0.25) is 0 Å². The largest absolute Gasteiger partial charge is 0.493 e. The van der Waals surface area contributed by atoms with Crippen LogP contribution in [0.15, 0.2) is 18.2 Å². The van der Waals surface area contributed by atoms with Gasteiger partial charge in [-0.25, -0.2) is 8.42 Å². The molecule has 7 heteroatoms. The monoisotopic (exact) mass is 313 g/mol. The Morgan fingerprint density at radius 1 is 1.24 bits per heavy atom. The lowest BCUT2D eigenvalue weighted by Gasteiger charge is -2.23. The summed E-state index contributed by atoms with van der Waals surface area (Å²) in [6.07, 6.45) is 0.484. The molecule has 6 nitrogen and oxygen atoms in total. The van der Waals surface area contributed by atoms with E-state index in [4.69, 9.17) is 9.47 Å². The summed E-state index contributed by atoms with van der Waals surface area (Å²) < 4.78 is 33.3. The molecule has 1 aromatic carbocycles. The van der Waals surface area contributed by atoms with E-state index in [2.05, 4.69) is 0 Å². The number of nitrogens with zero attached hydrogens (tertiary/aromatic N) is 1. The number of benzene rings is 1. The lowest BCUT2D eigenvalue weighted by Crippen LogP contribution is -2.37. The average Bonchev–Trinajstić information content (AvgIpc) is 2.85. The number of methoxy groups -OCH3 is 2. The van der Waals surface area contributed by atoms with Gasteiger partial charge in [-0.3, -0.25) is 4.79 Å². The normalized spacial score (nSPS) is 20.0. The smallest absolute Gasteiger partial charge is 0.254 e. The molecule has 0 radical (unpaired) electrons. The summed E-state index contributed by atoms with van der Waals surface area (Å²) in [5.74, 6) is 0.956. The van der Waals surface area contributed by atoms with E-state index in [1.807, 2.05) is 0 Å². The number of hydrogen-bond acceptors (Lipinski definition) is 5. The minimum absolute atomic E-state index is 0.0303. The summed E-state index contributed by atoms with van der Waals surface area (Å²) in [6, 6.07) is 4.63. The molecule has 21 heavy (non-hydrogen) atoms. The summed E-state index contributed by atoms with van der Waals surface area (Å²) >= 11 is 0. The molecule has 1 aliphatic rings. The minimum Gasteiger partial charge on any atom is -0.493 e. The zero-order valence-corrected chi connectivity index (χ0v) is 13.1. The van der Waals surface area contributed by atoms with Crippen molar-refractivity contribution in [3.63, 3.8) is 0 Å². The Hall–Kier alpha value is -1.76. The van der Waals surface area contributed by atoms with Gasteiger partial charge in [0.05, 0.1) is 25.7 Å². The van der Waals surface area contributed by atoms with E-state index < -0.39 is 9.84 Å². The second kappa shape index (κ2) is 5.93. The molecule has 1 fully saturated rings. The van der Waals surface area contributed by atoms with Crippen LogP contribution in [0, 0.1) is 0 Å². The fraction of sp³-hybridized carbons (Fsp3) is 0.500. The second-order valence-electron chi connectivity index (χ2n) is 5.04. The van der Waals surface area contributed by atoms with Crippen LogP contribution >= 0.6 is 0 Å². The van der Waals surface area contributed by atoms with Gasteiger partial charge < -0.3 is 14.4 Å². The van der Waals surface area contributed by atoms with Gasteiger partial charge in [0.15, 0.2) is 21.3 Å². The van der Waals surface area contributed by atoms with Crippen molar-refractivity contribution in [2.24, 2.45) is 0 Å². The highest BCUT2D eigenvalue weighted by molar-refractivity contribution is 7.91. The van der Waals surface area contributed by atoms with Gasteiger partial charge in [-0.1, -0.05) is 0 Å². The highest BCUT2D eigenvalue weighted by Gasteiger charge is 2.33. The molecule has 0 aliphatic carbocycles. The minimum atomic E-state index is -3.02. The predicted molar refractivity (Wildman–Crippen MR) is 78.7 cm³/mol. The number of hydrogen-bond donors (Lipinski definition) is 0. The number of carbonyl (C=O) groups excluding carboxylic acids is 1. The van der Waals surface area contributed by atoms with E-state index in [1.54, 1.807) is 25.2 Å². The van der Waals surface area contributed by atoms with Gasteiger partial charge in [-0.2, -0.15) is 0 Å². The van der Waals surface area contributed by atoms with Crippen molar-refractivity contribution in [2.45, 2.75) is 12.5 Å². The number of ether oxygens (including phenoxy) is 2. The number of amides is 1. The molecule has 0 spiro atoms. The first-order valence-electron chi connectivity index (χ1n) is 6.57. The predicted octanol–water partition coefficient (Wildman–Crippen LogP) is 0.963. The van der Waals surface area contributed by atoms with Crippen LogP contribution in [0.2, 0.25) is 0 Å². The quantitative estimate of drug-likeness (QED) is 0.828. The lowest BCUT2D eigenvalue weighted by atomic mass is 10.1. The maximum atomic E-state index is 12.4. The van der Waals surface area contributed by atoms with Gasteiger partial charge in [0.25, 0.3) is 5.91 Å². The number of rotatable bonds is 4. The first-order chi connectivity index (χ1) is 9.88. The molecule has 1 aliphatic heterocycles. The van der Waals surface area contributed by atoms with Crippen molar-refractivity contribution >= 4 is 15.7 Å². The first-order valence-corrected chi connectivity index (χ1v) is 8.39. The molecule has 1 aromatic rings. The average molecular weight is 313 g/mol. The van der Waals surface area contributed by atoms with Crippen molar-refractivity contribution in [3.8, 4) is 11.5 Å². The van der Waals surface area contributed by atoms with E-state index in [1.165, 1.54) is 19.1 Å². The lowest BCUT2D eigenvalue weighted by molar-refractivity contribution is 0.0747. The topological polar surface area (TPSA) is 72.9 Å². The van der Waals surface area contributed by atoms with E-state index in [9.17, 15) is 13.2 Å². The van der Waals surface area contributed by atoms with Crippen LogP contribution in [0.5, 0.6) is 11.5 Å². The Morgan fingerprint density at radius 3 is 2.43 bits per heavy atom. The van der Waals surface area contributed by atoms with Crippen molar-refractivity contribution < 1.29 is 22.7 Å². The van der Waals surface area contributed by atoms with Crippen LogP contribution in [0.1, 0.15) is 16.8 Å². The summed E-state index contributed by atoms with van der Waals surface area (Å²) in [7, 11) is 1.63. The first kappa shape index (κ1) is 15.6. The number of carbonyl (C=O) groups is 1. The zero-order chi connectivity index (χ0) is 15.6. The fourth-order valence-electron chi connectivity index (χ4n) is 2.42. The molecule has 2 rings (SSSR count). The molecular formula is C14H19NO5S. The van der Waals surface area contributed by atoms with Gasteiger partial charge >= 0.3 is 0 Å². The molecule has 0 unspecified atom stereocenters. The third-order valence-electron chi connectivity index (χ3n) is 3.71. The van der Waals surface area contributed by atoms with Crippen LogP contribution < -0.4 is 9.47 Å². The van der Waals surface area contributed by atoms with Crippen LogP contribution in [0.3, 0.4) is 0 Å². The van der Waals surface area contributed by atoms with Gasteiger partial charge in [-0.05, 0) is 24.6 Å². The summed E-state index contributed by atoms with van der Waals surface area (Å²) in [5, 5.41) is 0. The molecule has 1 atom stereocenters. The van der Waals surface area contributed by atoms with E-state index in [0.29, 0.717) is 23.5 Å². The highest BCUT2D eigenvalue weighted by atomic mass is 32.2. The Labute approximate surface area is 124 Å². The molecule has 0 bridgehead atoms. The SMILES string of the molecule is COc1ccc(C(=O)N(C)[C@H]2CCS(=O)(=O)C2)cc1OC. The van der Waals surface area contributed by atoms with Crippen molar-refractivity contribution in [1.82, 2.24) is 4.90 Å². The highest BCUT2D eigenvalue weighted by Crippen LogP contribution is 2.28. The van der Waals surface area contributed by atoms with E-state index in [0.717, 1.165) is 0 Å². The summed E-state index contributed by atoms with van der Waals surface area (Å²) in [4.78, 5) is 13.9. The standard InChI is InChI=1S/C14H19NO5S/c1-15(11-6-7-21(17,18)9-11)14(16)10-4-5-12(19-2)13(8-10)20-3/h4-5,8,11H,6-7,9H2,1-3H3/t11-/m0/s1. The van der Waals surface area contributed by atoms with Crippen molar-refractivity contribution in [3.05, 3.63) is 23.8 Å². The van der Waals surface area contributed by atoms with Crippen LogP contribution in [-0.4, -0.2) is 58.0 Å². The van der Waals surface area contributed by atoms with Gasteiger partial charge in [0, 0.05) is 18.7 Å². The van der Waals surface area contributed by atoms with E-state index >= 15 is 0 Å². The second-order valence-corrected chi connectivity index (χ2v) is 7.27. The maximum absolute atomic E-state index is 12.4. The Kier molecular flexibility index (Phi) is 4.41. The fourth-order valence-corrected chi connectivity index (χ4v) is 4.19. The van der Waals surface area contributed by atoms with E-state index in [-0.39, 0.29) is 23.5 Å². The van der Waals surface area contributed by atoms with Crippen molar-refractivity contribution in [1.29, 1.82) is 0 Å². The van der Waals surface area contributed by atoms with Crippen LogP contribution in [0.25, 0.3) is 0 Å². The molecule has 116 valence electrons. The van der Waals surface area contributed by atoms with Gasteiger partial charge in [0.1, 0.15) is 0 Å². The third kappa shape index (κ3) is 3.29. The molecule has 0 saturated carbocycles. The summed E-state index contributed by atoms with van der Waals surface area (Å²) in [5.41, 5.74) is 0.444. The Morgan fingerprint density at radius 2 is 1.90 bits per heavy atom. The Balaban J connectivity index is 2.20.